The van der Waals surface area contributed by atoms with E-state index in [1.807, 2.05) is 41.1 Å². The highest BCUT2D eigenvalue weighted by Gasteiger charge is 2.30. The molecule has 3 heterocycles. The van der Waals surface area contributed by atoms with E-state index in [1.54, 1.807) is 36.7 Å². The number of hydrogen-bond donors (Lipinski definition) is 2. The summed E-state index contributed by atoms with van der Waals surface area (Å²) in [5, 5.41) is 11.7. The third-order valence-electron chi connectivity index (χ3n) is 6.20. The van der Waals surface area contributed by atoms with Crippen LogP contribution in [0.25, 0.3) is 27.5 Å². The molecular weight excluding hydrogens is 520 g/mol. The van der Waals surface area contributed by atoms with Crippen LogP contribution >= 0.6 is 22.9 Å². The van der Waals surface area contributed by atoms with Crippen molar-refractivity contribution < 1.29 is 9.59 Å². The Balaban J connectivity index is 1.44. The highest BCUT2D eigenvalue weighted by molar-refractivity contribution is 7.19. The Bertz CT molecular complexity index is 1680. The normalized spacial score (nSPS) is 11.9. The van der Waals surface area contributed by atoms with Gasteiger partial charge in [0.2, 0.25) is 5.91 Å². The molecule has 10 heteroatoms. The lowest BCUT2D eigenvalue weighted by Crippen LogP contribution is -2.12. The van der Waals surface area contributed by atoms with Crippen LogP contribution in [0.15, 0.2) is 73.1 Å². The number of amides is 2. The molecular formula is C28H21ClN6O2S. The average molecular weight is 541 g/mol. The van der Waals surface area contributed by atoms with Gasteiger partial charge in [0.25, 0.3) is 5.91 Å². The lowest BCUT2D eigenvalue weighted by atomic mass is 9.95. The fraction of sp³-hybridized carbons (Fsp3) is 0.107. The van der Waals surface area contributed by atoms with Crippen molar-refractivity contribution in [1.82, 2.24) is 19.7 Å². The van der Waals surface area contributed by atoms with E-state index in [0.717, 1.165) is 45.9 Å². The van der Waals surface area contributed by atoms with E-state index in [2.05, 4.69) is 20.6 Å². The zero-order chi connectivity index (χ0) is 26.2. The minimum Gasteiger partial charge on any atom is -0.322 e. The van der Waals surface area contributed by atoms with Crippen molar-refractivity contribution in [2.24, 2.45) is 0 Å². The molecule has 0 spiro atoms. The quantitative estimate of drug-likeness (QED) is 0.284. The monoisotopic (exact) mass is 540 g/mol. The molecule has 8 nitrogen and oxygen atoms in total. The highest BCUT2D eigenvalue weighted by atomic mass is 35.5. The minimum atomic E-state index is -0.218. The molecule has 38 heavy (non-hydrogen) atoms. The fourth-order valence-corrected chi connectivity index (χ4v) is 5.91. The Labute approximate surface area is 227 Å². The Hall–Kier alpha value is -4.34. The van der Waals surface area contributed by atoms with Crippen LogP contribution in [0.5, 0.6) is 0 Å². The summed E-state index contributed by atoms with van der Waals surface area (Å²) in [5.74, 6) is -0.387. The lowest BCUT2D eigenvalue weighted by molar-refractivity contribution is -0.114. The molecule has 1 aliphatic carbocycles. The van der Waals surface area contributed by atoms with Gasteiger partial charge in [0, 0.05) is 41.7 Å². The molecule has 0 radical (unpaired) electrons. The van der Waals surface area contributed by atoms with Crippen molar-refractivity contribution in [3.05, 3.63) is 94.9 Å². The van der Waals surface area contributed by atoms with Gasteiger partial charge in [-0.1, -0.05) is 41.1 Å². The smallest absolute Gasteiger partial charge is 0.255 e. The average Bonchev–Trinajstić information content (AvgIpc) is 3.50. The zero-order valence-corrected chi connectivity index (χ0v) is 21.8. The second kappa shape index (κ2) is 9.85. The largest absolute Gasteiger partial charge is 0.322 e. The minimum absolute atomic E-state index is 0.169. The Morgan fingerprint density at radius 1 is 1.03 bits per heavy atom. The molecule has 2 N–H and O–H groups in total. The number of hydrogen-bond acceptors (Lipinski definition) is 6. The van der Waals surface area contributed by atoms with Crippen molar-refractivity contribution in [3.63, 3.8) is 0 Å². The highest BCUT2D eigenvalue weighted by Crippen LogP contribution is 2.44. The van der Waals surface area contributed by atoms with Crippen LogP contribution in [0.4, 0.5) is 10.8 Å². The number of anilines is 2. The molecule has 0 atom stereocenters. The maximum absolute atomic E-state index is 12.6. The van der Waals surface area contributed by atoms with Crippen LogP contribution in [0.1, 0.15) is 28.5 Å². The summed E-state index contributed by atoms with van der Waals surface area (Å²) < 4.78 is 1.83. The van der Waals surface area contributed by atoms with Crippen LogP contribution in [0, 0.1) is 0 Å². The Morgan fingerprint density at radius 2 is 1.87 bits per heavy atom. The fourth-order valence-electron chi connectivity index (χ4n) is 4.53. The number of nitrogens with one attached hydrogen (secondary N) is 2. The Kier molecular flexibility index (Phi) is 6.22. The van der Waals surface area contributed by atoms with Gasteiger partial charge in [-0.25, -0.2) is 9.67 Å². The van der Waals surface area contributed by atoms with Crippen molar-refractivity contribution in [2.75, 3.05) is 10.6 Å². The molecule has 0 saturated heterocycles. The number of carbonyl (C=O) groups is 2. The molecule has 0 saturated carbocycles. The van der Waals surface area contributed by atoms with Gasteiger partial charge in [-0.15, -0.1) is 0 Å². The molecule has 2 amide bonds. The number of aromatic nitrogens is 4. The molecule has 0 bridgehead atoms. The van der Waals surface area contributed by atoms with Gasteiger partial charge in [-0.05, 0) is 55.3 Å². The molecule has 188 valence electrons. The maximum Gasteiger partial charge on any atom is 0.255 e. The van der Waals surface area contributed by atoms with Crippen molar-refractivity contribution in [3.8, 4) is 27.5 Å². The van der Waals surface area contributed by atoms with E-state index in [-0.39, 0.29) is 11.8 Å². The van der Waals surface area contributed by atoms with E-state index >= 15 is 0 Å². The van der Waals surface area contributed by atoms with E-state index in [1.165, 1.54) is 18.3 Å². The van der Waals surface area contributed by atoms with Gasteiger partial charge >= 0.3 is 0 Å². The SMILES string of the molecule is CC(=O)Nc1nc2c(s1)-c1c(c(-c3cccnc3)nn1-c1ccc(NC(=O)c3ccccc3)cc1Cl)CC2. The number of fused-ring (bicyclic) bond motifs is 3. The first kappa shape index (κ1) is 24.0. The number of thiazole rings is 1. The van der Waals surface area contributed by atoms with Crippen LogP contribution in [0.3, 0.4) is 0 Å². The first-order valence-electron chi connectivity index (χ1n) is 11.9. The first-order valence-corrected chi connectivity index (χ1v) is 13.1. The van der Waals surface area contributed by atoms with Gasteiger partial charge in [0.1, 0.15) is 0 Å². The number of halogens is 1. The van der Waals surface area contributed by atoms with Crippen LogP contribution < -0.4 is 10.6 Å². The molecule has 6 rings (SSSR count). The molecule has 0 fully saturated rings. The summed E-state index contributed by atoms with van der Waals surface area (Å²) in [6, 6.07) is 18.2. The summed E-state index contributed by atoms with van der Waals surface area (Å²) in [6.07, 6.45) is 4.99. The zero-order valence-electron chi connectivity index (χ0n) is 20.2. The lowest BCUT2D eigenvalue weighted by Gasteiger charge is -2.15. The molecule has 1 aliphatic rings. The van der Waals surface area contributed by atoms with Crippen molar-refractivity contribution >= 4 is 45.6 Å². The van der Waals surface area contributed by atoms with Gasteiger partial charge in [-0.2, -0.15) is 5.10 Å². The Morgan fingerprint density at radius 3 is 2.61 bits per heavy atom. The standard InChI is InChI=1S/C28H21ClN6O2S/c1-16(36)31-28-33-22-11-10-20-24(18-8-5-13-30-15-18)34-35(25(20)26(22)38-28)23-12-9-19(14-21(23)29)32-27(37)17-6-3-2-4-7-17/h2-9,12-15H,10-11H2,1H3,(H,32,37)(H,31,33,36). The number of rotatable bonds is 5. The van der Waals surface area contributed by atoms with E-state index in [4.69, 9.17) is 16.7 Å². The molecule has 0 unspecified atom stereocenters. The predicted octanol–water partition coefficient (Wildman–Crippen LogP) is 6.02. The van der Waals surface area contributed by atoms with E-state index < -0.39 is 0 Å². The van der Waals surface area contributed by atoms with Gasteiger partial charge in [-0.3, -0.25) is 14.6 Å². The van der Waals surface area contributed by atoms with Crippen molar-refractivity contribution in [2.45, 2.75) is 19.8 Å². The first-order chi connectivity index (χ1) is 18.5. The number of nitrogens with zero attached hydrogens (tertiary/aromatic N) is 4. The summed E-state index contributed by atoms with van der Waals surface area (Å²) in [6.45, 7) is 1.47. The molecule has 2 aromatic carbocycles. The van der Waals surface area contributed by atoms with Crippen LogP contribution in [0.2, 0.25) is 5.02 Å². The molecule has 3 aromatic heterocycles. The molecule has 5 aromatic rings. The van der Waals surface area contributed by atoms with Gasteiger partial charge in [0.05, 0.1) is 32.7 Å². The van der Waals surface area contributed by atoms with Crippen LogP contribution in [-0.2, 0) is 17.6 Å². The van der Waals surface area contributed by atoms with E-state index in [9.17, 15) is 9.59 Å². The third kappa shape index (κ3) is 4.46. The topological polar surface area (TPSA) is 102 Å². The number of benzene rings is 2. The second-order valence-corrected chi connectivity index (χ2v) is 10.2. The maximum atomic E-state index is 12.6. The third-order valence-corrected chi connectivity index (χ3v) is 7.52. The predicted molar refractivity (Wildman–Crippen MR) is 149 cm³/mol. The summed E-state index contributed by atoms with van der Waals surface area (Å²) in [7, 11) is 0. The summed E-state index contributed by atoms with van der Waals surface area (Å²) >= 11 is 8.22. The second-order valence-electron chi connectivity index (χ2n) is 8.79. The number of aryl methyl sites for hydroxylation is 1. The number of carbonyl (C=O) groups excluding carboxylic acids is 2. The number of pyridine rings is 1. The van der Waals surface area contributed by atoms with Crippen LogP contribution in [-0.4, -0.2) is 31.6 Å². The van der Waals surface area contributed by atoms with Crippen molar-refractivity contribution in [1.29, 1.82) is 0 Å². The van der Waals surface area contributed by atoms with Gasteiger partial charge in [0.15, 0.2) is 5.13 Å². The summed E-state index contributed by atoms with van der Waals surface area (Å²) in [5.41, 5.74) is 6.40. The summed E-state index contributed by atoms with van der Waals surface area (Å²) in [4.78, 5) is 34.2. The van der Waals surface area contributed by atoms with E-state index in [0.29, 0.717) is 27.1 Å². The van der Waals surface area contributed by atoms with Gasteiger partial charge < -0.3 is 10.6 Å². The molecule has 0 aliphatic heterocycles.